The van der Waals surface area contributed by atoms with Crippen LogP contribution in [0.1, 0.15) is 11.4 Å². The van der Waals surface area contributed by atoms with Crippen molar-refractivity contribution in [2.75, 3.05) is 0 Å². The van der Waals surface area contributed by atoms with Crippen LogP contribution in [0.2, 0.25) is 5.02 Å². The number of aryl methyl sites for hydroxylation is 1. The molecule has 1 aromatic carbocycles. The van der Waals surface area contributed by atoms with Crippen LogP contribution in [0.25, 0.3) is 5.69 Å². The Morgan fingerprint density at radius 1 is 1.47 bits per heavy atom. The van der Waals surface area contributed by atoms with Gasteiger partial charge in [-0.2, -0.15) is 0 Å². The molecule has 0 unspecified atom stereocenters. The van der Waals surface area contributed by atoms with E-state index in [0.717, 1.165) is 22.1 Å². The van der Waals surface area contributed by atoms with Gasteiger partial charge >= 0.3 is 0 Å². The van der Waals surface area contributed by atoms with E-state index in [-0.39, 0.29) is 0 Å². The van der Waals surface area contributed by atoms with E-state index in [1.165, 1.54) is 0 Å². The van der Waals surface area contributed by atoms with E-state index in [0.29, 0.717) is 6.54 Å². The Morgan fingerprint density at radius 2 is 2.27 bits per heavy atom. The van der Waals surface area contributed by atoms with Crippen LogP contribution in [0.3, 0.4) is 0 Å². The van der Waals surface area contributed by atoms with Crippen molar-refractivity contribution in [1.29, 1.82) is 0 Å². The van der Waals surface area contributed by atoms with Crippen LogP contribution < -0.4 is 5.73 Å². The standard InChI is InChI=1S/C11H12ClN3/c1-8-2-3-9(6-10(8)12)15-5-4-14-11(15)7-13/h2-6H,7,13H2,1H3. The van der Waals surface area contributed by atoms with Gasteiger partial charge in [0.1, 0.15) is 5.82 Å². The quantitative estimate of drug-likeness (QED) is 0.846. The van der Waals surface area contributed by atoms with Crippen molar-refractivity contribution >= 4 is 11.6 Å². The first kappa shape index (κ1) is 10.2. The van der Waals surface area contributed by atoms with E-state index >= 15 is 0 Å². The Kier molecular flexibility index (Phi) is 2.75. The molecular weight excluding hydrogens is 210 g/mol. The molecule has 1 aromatic heterocycles. The second kappa shape index (κ2) is 4.04. The Balaban J connectivity index is 2.50. The molecule has 3 nitrogen and oxygen atoms in total. The first-order valence-corrected chi connectivity index (χ1v) is 5.09. The van der Waals surface area contributed by atoms with Crippen LogP contribution in [0.4, 0.5) is 0 Å². The molecule has 0 spiro atoms. The zero-order chi connectivity index (χ0) is 10.8. The zero-order valence-corrected chi connectivity index (χ0v) is 9.20. The molecule has 15 heavy (non-hydrogen) atoms. The van der Waals surface area contributed by atoms with Crippen molar-refractivity contribution in [3.63, 3.8) is 0 Å². The molecule has 0 atom stereocenters. The normalized spacial score (nSPS) is 10.6. The van der Waals surface area contributed by atoms with Gasteiger partial charge in [-0.25, -0.2) is 4.98 Å². The van der Waals surface area contributed by atoms with Crippen LogP contribution in [0, 0.1) is 6.92 Å². The summed E-state index contributed by atoms with van der Waals surface area (Å²) in [7, 11) is 0. The van der Waals surface area contributed by atoms with Crippen molar-refractivity contribution in [2.45, 2.75) is 13.5 Å². The fraction of sp³-hybridized carbons (Fsp3) is 0.182. The Bertz CT molecular complexity index is 476. The minimum Gasteiger partial charge on any atom is -0.324 e. The fourth-order valence-corrected chi connectivity index (χ4v) is 1.63. The molecule has 78 valence electrons. The minimum absolute atomic E-state index is 0.415. The van der Waals surface area contributed by atoms with E-state index in [1.807, 2.05) is 35.9 Å². The number of rotatable bonds is 2. The smallest absolute Gasteiger partial charge is 0.126 e. The molecule has 2 N–H and O–H groups in total. The average molecular weight is 222 g/mol. The summed E-state index contributed by atoms with van der Waals surface area (Å²) in [6.07, 6.45) is 3.61. The van der Waals surface area contributed by atoms with Gasteiger partial charge in [-0.3, -0.25) is 0 Å². The third kappa shape index (κ3) is 1.89. The second-order valence-electron chi connectivity index (χ2n) is 3.35. The molecule has 0 fully saturated rings. The number of benzene rings is 1. The van der Waals surface area contributed by atoms with Gasteiger partial charge < -0.3 is 10.3 Å². The molecule has 0 aliphatic carbocycles. The first-order valence-electron chi connectivity index (χ1n) is 4.71. The molecule has 0 aliphatic rings. The highest BCUT2D eigenvalue weighted by Gasteiger charge is 2.04. The summed E-state index contributed by atoms with van der Waals surface area (Å²) in [5.41, 5.74) is 7.64. The molecule has 0 amide bonds. The van der Waals surface area contributed by atoms with Crippen molar-refractivity contribution in [2.24, 2.45) is 5.73 Å². The van der Waals surface area contributed by atoms with E-state index < -0.39 is 0 Å². The van der Waals surface area contributed by atoms with Gasteiger partial charge in [-0.15, -0.1) is 0 Å². The van der Waals surface area contributed by atoms with Crippen LogP contribution >= 0.6 is 11.6 Å². The summed E-state index contributed by atoms with van der Waals surface area (Å²) in [5, 5.41) is 0.754. The minimum atomic E-state index is 0.415. The summed E-state index contributed by atoms with van der Waals surface area (Å²) < 4.78 is 1.94. The summed E-state index contributed by atoms with van der Waals surface area (Å²) >= 11 is 6.06. The van der Waals surface area contributed by atoms with E-state index in [4.69, 9.17) is 17.3 Å². The topological polar surface area (TPSA) is 43.8 Å². The number of nitrogens with zero attached hydrogens (tertiary/aromatic N) is 2. The van der Waals surface area contributed by atoms with Gasteiger partial charge in [0.15, 0.2) is 0 Å². The Hall–Kier alpha value is -1.32. The van der Waals surface area contributed by atoms with Crippen LogP contribution in [0.15, 0.2) is 30.6 Å². The maximum absolute atomic E-state index is 6.06. The highest BCUT2D eigenvalue weighted by Crippen LogP contribution is 2.20. The van der Waals surface area contributed by atoms with Crippen LogP contribution in [0.5, 0.6) is 0 Å². The van der Waals surface area contributed by atoms with Gasteiger partial charge in [0.2, 0.25) is 0 Å². The Labute approximate surface area is 93.5 Å². The predicted molar refractivity (Wildman–Crippen MR) is 61.2 cm³/mol. The van der Waals surface area contributed by atoms with Gasteiger partial charge in [-0.1, -0.05) is 17.7 Å². The second-order valence-corrected chi connectivity index (χ2v) is 3.76. The molecule has 0 aliphatic heterocycles. The molecule has 4 heteroatoms. The van der Waals surface area contributed by atoms with Crippen molar-refractivity contribution in [1.82, 2.24) is 9.55 Å². The SMILES string of the molecule is Cc1ccc(-n2ccnc2CN)cc1Cl. The third-order valence-electron chi connectivity index (χ3n) is 2.33. The van der Waals surface area contributed by atoms with Crippen molar-refractivity contribution < 1.29 is 0 Å². The molecule has 0 saturated carbocycles. The van der Waals surface area contributed by atoms with E-state index in [9.17, 15) is 0 Å². The number of aromatic nitrogens is 2. The number of nitrogens with two attached hydrogens (primary N) is 1. The van der Waals surface area contributed by atoms with Crippen LogP contribution in [-0.2, 0) is 6.54 Å². The first-order chi connectivity index (χ1) is 7.22. The summed E-state index contributed by atoms with van der Waals surface area (Å²) in [6, 6.07) is 5.90. The number of halogens is 1. The van der Waals surface area contributed by atoms with E-state index in [2.05, 4.69) is 4.98 Å². The van der Waals surface area contributed by atoms with Gasteiger partial charge in [0.25, 0.3) is 0 Å². The molecule has 1 heterocycles. The highest BCUT2D eigenvalue weighted by atomic mass is 35.5. The molecule has 0 saturated heterocycles. The molecular formula is C11H12ClN3. The average Bonchev–Trinajstić information content (AvgIpc) is 2.70. The number of hydrogen-bond donors (Lipinski definition) is 1. The third-order valence-corrected chi connectivity index (χ3v) is 2.74. The fourth-order valence-electron chi connectivity index (χ4n) is 1.45. The lowest BCUT2D eigenvalue weighted by Crippen LogP contribution is -2.06. The van der Waals surface area contributed by atoms with Gasteiger partial charge in [0, 0.05) is 23.1 Å². The van der Waals surface area contributed by atoms with Gasteiger partial charge in [0.05, 0.1) is 6.54 Å². The molecule has 0 radical (unpaired) electrons. The molecule has 0 bridgehead atoms. The molecule has 2 aromatic rings. The van der Waals surface area contributed by atoms with Crippen molar-refractivity contribution in [3.8, 4) is 5.69 Å². The largest absolute Gasteiger partial charge is 0.324 e. The lowest BCUT2D eigenvalue weighted by atomic mass is 10.2. The van der Waals surface area contributed by atoms with Gasteiger partial charge in [-0.05, 0) is 24.6 Å². The monoisotopic (exact) mass is 221 g/mol. The number of hydrogen-bond acceptors (Lipinski definition) is 2. The van der Waals surface area contributed by atoms with E-state index in [1.54, 1.807) is 6.20 Å². The lowest BCUT2D eigenvalue weighted by Gasteiger charge is -2.07. The van der Waals surface area contributed by atoms with Crippen molar-refractivity contribution in [3.05, 3.63) is 47.0 Å². The predicted octanol–water partition coefficient (Wildman–Crippen LogP) is 2.29. The maximum Gasteiger partial charge on any atom is 0.126 e. The molecule has 2 rings (SSSR count). The summed E-state index contributed by atoms with van der Waals surface area (Å²) in [5.74, 6) is 0.829. The van der Waals surface area contributed by atoms with Crippen LogP contribution in [-0.4, -0.2) is 9.55 Å². The maximum atomic E-state index is 6.06. The lowest BCUT2D eigenvalue weighted by molar-refractivity contribution is 0.867. The number of imidazole rings is 1. The highest BCUT2D eigenvalue weighted by molar-refractivity contribution is 6.31. The Morgan fingerprint density at radius 3 is 2.93 bits per heavy atom. The zero-order valence-electron chi connectivity index (χ0n) is 8.44. The summed E-state index contributed by atoms with van der Waals surface area (Å²) in [6.45, 7) is 2.39. The summed E-state index contributed by atoms with van der Waals surface area (Å²) in [4.78, 5) is 4.16.